The van der Waals surface area contributed by atoms with Gasteiger partial charge in [-0.15, -0.1) is 0 Å². The number of carbonyl (C=O) groups excluding carboxylic acids is 3. The molecular weight excluding hydrogens is 678 g/mol. The second-order valence-corrected chi connectivity index (χ2v) is 17.4. The first kappa shape index (κ1) is 38.8. The van der Waals surface area contributed by atoms with Gasteiger partial charge in [0.15, 0.2) is 0 Å². The van der Waals surface area contributed by atoms with Crippen molar-refractivity contribution in [3.05, 3.63) is 35.5 Å². The van der Waals surface area contributed by atoms with Crippen molar-refractivity contribution in [3.8, 4) is 0 Å². The number of hydrogen-bond donors (Lipinski definition) is 2. The van der Waals surface area contributed by atoms with E-state index in [1.807, 2.05) is 30.5 Å². The molecule has 2 aromatic rings. The summed E-state index contributed by atoms with van der Waals surface area (Å²) in [5, 5.41) is 8.98. The number of nitrogens with zero attached hydrogens (tertiary/aromatic N) is 1. The minimum absolute atomic E-state index is 0.00295. The first-order valence-electron chi connectivity index (χ1n) is 19.8. The number of fused-ring (bicyclic) bond motifs is 6. The highest BCUT2D eigenvalue weighted by Crippen LogP contribution is 2.69. The molecule has 286 valence electrons. The van der Waals surface area contributed by atoms with Gasteiger partial charge in [0.1, 0.15) is 18.3 Å². The van der Waals surface area contributed by atoms with Crippen molar-refractivity contribution in [2.75, 3.05) is 25.0 Å². The van der Waals surface area contributed by atoms with Gasteiger partial charge in [-0.2, -0.15) is 0 Å². The maximum atomic E-state index is 12.7. The molecule has 4 aliphatic rings. The highest BCUT2D eigenvalue weighted by molar-refractivity contribution is 6.31. The fraction of sp³-hybridized carbons (Fsp3) is 0.714. The summed E-state index contributed by atoms with van der Waals surface area (Å²) < 4.78 is 18.3. The zero-order valence-corrected chi connectivity index (χ0v) is 32.8. The van der Waals surface area contributed by atoms with Gasteiger partial charge < -0.3 is 24.8 Å². The molecule has 10 heteroatoms. The lowest BCUT2D eigenvalue weighted by Crippen LogP contribution is -2.63. The molecule has 0 spiro atoms. The summed E-state index contributed by atoms with van der Waals surface area (Å²) in [6.45, 7) is 14.5. The molecule has 0 aliphatic heterocycles. The third-order valence-electron chi connectivity index (χ3n) is 14.0. The predicted octanol–water partition coefficient (Wildman–Crippen LogP) is 8.37. The number of carbonyl (C=O) groups is 3. The van der Waals surface area contributed by atoms with Crippen LogP contribution in [0.25, 0.3) is 10.9 Å². The van der Waals surface area contributed by atoms with Crippen LogP contribution in [0.5, 0.6) is 0 Å². The topological polar surface area (TPSA) is 116 Å². The molecule has 52 heavy (non-hydrogen) atoms. The molecule has 9 nitrogen and oxygen atoms in total. The largest absolute Gasteiger partial charge is 0.463 e. The Labute approximate surface area is 315 Å². The fourth-order valence-electron chi connectivity index (χ4n) is 11.7. The molecule has 2 N–H and O–H groups in total. The molecule has 0 radical (unpaired) electrons. The second kappa shape index (κ2) is 16.2. The van der Waals surface area contributed by atoms with E-state index in [4.69, 9.17) is 25.8 Å². The van der Waals surface area contributed by atoms with Crippen molar-refractivity contribution in [3.63, 3.8) is 0 Å². The van der Waals surface area contributed by atoms with E-state index in [0.29, 0.717) is 22.8 Å². The van der Waals surface area contributed by atoms with Crippen LogP contribution in [0.1, 0.15) is 106 Å². The van der Waals surface area contributed by atoms with Crippen LogP contribution in [0.3, 0.4) is 0 Å². The smallest absolute Gasteiger partial charge is 0.302 e. The molecule has 11 atom stereocenters. The molecule has 4 unspecified atom stereocenters. The van der Waals surface area contributed by atoms with Crippen molar-refractivity contribution in [1.82, 2.24) is 10.3 Å². The molecule has 4 fully saturated rings. The summed E-state index contributed by atoms with van der Waals surface area (Å²) in [5.41, 5.74) is 1.78. The van der Waals surface area contributed by atoms with E-state index in [-0.39, 0.29) is 64.8 Å². The molecule has 1 aromatic carbocycles. The highest BCUT2D eigenvalue weighted by atomic mass is 35.5. The number of anilines is 1. The Hall–Kier alpha value is -2.91. The van der Waals surface area contributed by atoms with Crippen LogP contribution in [-0.4, -0.2) is 60.8 Å². The molecule has 6 rings (SSSR count). The summed E-state index contributed by atoms with van der Waals surface area (Å²) in [5.74, 6) is 1.27. The standard InChI is InChI=1S/C42H60ClN3O6/c1-25(9-7-17-44-18-8-19-45-36-15-20-46-37-23-30(43)10-11-32(36)37)33-12-13-34-40-35(24-39(42(33,34)6)52-28(4)49)41(5)16-14-31(50-26(2)47)21-29(41)22-38(40)51-27(3)48/h10-11,15,20,23,25,29,31,33-35,38-40,44H,7-9,12-14,16-19,21-22,24H2,1-6H3,(H,45,46)/t25?,29-,31+,33+,34?,35?,38+,39-,40?,41-,42+/m0/s1. The van der Waals surface area contributed by atoms with Crippen LogP contribution in [0.2, 0.25) is 5.02 Å². The number of halogens is 1. The van der Waals surface area contributed by atoms with E-state index in [9.17, 15) is 14.4 Å². The molecule has 0 bridgehead atoms. The lowest BCUT2D eigenvalue weighted by atomic mass is 9.43. The number of hydrogen-bond acceptors (Lipinski definition) is 9. The number of esters is 3. The van der Waals surface area contributed by atoms with Gasteiger partial charge in [0, 0.05) is 60.9 Å². The maximum absolute atomic E-state index is 12.7. The van der Waals surface area contributed by atoms with Crippen molar-refractivity contribution >= 4 is 46.1 Å². The normalized spacial score (nSPS) is 34.4. The third kappa shape index (κ3) is 7.96. The number of pyridine rings is 1. The molecule has 4 saturated carbocycles. The number of rotatable bonds is 13. The van der Waals surface area contributed by atoms with Crippen LogP contribution in [0.15, 0.2) is 30.5 Å². The quantitative estimate of drug-likeness (QED) is 0.119. The lowest BCUT2D eigenvalue weighted by molar-refractivity contribution is -0.224. The van der Waals surface area contributed by atoms with Crippen molar-refractivity contribution in [2.45, 2.75) is 124 Å². The summed E-state index contributed by atoms with van der Waals surface area (Å²) in [7, 11) is 0. The Morgan fingerprint density at radius 3 is 2.40 bits per heavy atom. The molecule has 1 heterocycles. The van der Waals surface area contributed by atoms with Crippen LogP contribution in [0.4, 0.5) is 5.69 Å². The average molecular weight is 738 g/mol. The Balaban J connectivity index is 1.07. The van der Waals surface area contributed by atoms with Crippen LogP contribution >= 0.6 is 11.6 Å². The minimum atomic E-state index is -0.237. The van der Waals surface area contributed by atoms with E-state index < -0.39 is 0 Å². The van der Waals surface area contributed by atoms with E-state index in [1.165, 1.54) is 13.8 Å². The molecule has 0 saturated heterocycles. The molecule has 1 aromatic heterocycles. The van der Waals surface area contributed by atoms with Gasteiger partial charge in [-0.1, -0.05) is 32.4 Å². The summed E-state index contributed by atoms with van der Waals surface area (Å²) in [4.78, 5) is 41.6. The highest BCUT2D eigenvalue weighted by Gasteiger charge is 2.67. The Bertz CT molecular complexity index is 1600. The molecular formula is C42H60ClN3O6. The number of benzene rings is 1. The van der Waals surface area contributed by atoms with E-state index in [0.717, 1.165) is 100 Å². The summed E-state index contributed by atoms with van der Waals surface area (Å²) in [6.07, 6.45) is 10.9. The molecule has 4 aliphatic carbocycles. The van der Waals surface area contributed by atoms with Gasteiger partial charge in [0.25, 0.3) is 0 Å². The van der Waals surface area contributed by atoms with E-state index in [1.54, 1.807) is 6.92 Å². The zero-order chi connectivity index (χ0) is 37.2. The maximum Gasteiger partial charge on any atom is 0.302 e. The van der Waals surface area contributed by atoms with Crippen molar-refractivity contribution < 1.29 is 28.6 Å². The van der Waals surface area contributed by atoms with Crippen molar-refractivity contribution in [2.24, 2.45) is 46.3 Å². The Morgan fingerprint density at radius 1 is 0.904 bits per heavy atom. The summed E-state index contributed by atoms with van der Waals surface area (Å²) in [6, 6.07) is 7.82. The van der Waals surface area contributed by atoms with Gasteiger partial charge in [-0.3, -0.25) is 19.4 Å². The van der Waals surface area contributed by atoms with Crippen LogP contribution < -0.4 is 10.6 Å². The predicted molar refractivity (Wildman–Crippen MR) is 204 cm³/mol. The Kier molecular flexibility index (Phi) is 12.1. The van der Waals surface area contributed by atoms with Crippen molar-refractivity contribution in [1.29, 1.82) is 0 Å². The monoisotopic (exact) mass is 737 g/mol. The number of aromatic nitrogens is 1. The lowest BCUT2D eigenvalue weighted by Gasteiger charge is -2.64. The van der Waals surface area contributed by atoms with Gasteiger partial charge in [0.2, 0.25) is 0 Å². The van der Waals surface area contributed by atoms with Gasteiger partial charge in [0.05, 0.1) is 5.52 Å². The molecule has 0 amide bonds. The Morgan fingerprint density at radius 2 is 1.65 bits per heavy atom. The SMILES string of the molecule is CC(=O)O[C@@H]1CC[C@]2(C)C3C[C@H](OC(C)=O)[C@@]4(C)C(CC[C@@H]4C(C)CCCNCCCNc4ccnc5cc(Cl)ccc45)C3[C@H](OC(C)=O)C[C@@H]2C1. The van der Waals surface area contributed by atoms with E-state index in [2.05, 4.69) is 36.4 Å². The van der Waals surface area contributed by atoms with E-state index >= 15 is 0 Å². The summed E-state index contributed by atoms with van der Waals surface area (Å²) >= 11 is 6.15. The number of ether oxygens (including phenoxy) is 3. The third-order valence-corrected chi connectivity index (χ3v) is 14.2. The van der Waals surface area contributed by atoms with Gasteiger partial charge >= 0.3 is 17.9 Å². The van der Waals surface area contributed by atoms with Gasteiger partial charge in [-0.25, -0.2) is 0 Å². The minimum Gasteiger partial charge on any atom is -0.463 e. The fourth-order valence-corrected chi connectivity index (χ4v) is 11.9. The van der Waals surface area contributed by atoms with Crippen LogP contribution in [0, 0.1) is 46.3 Å². The average Bonchev–Trinajstić information content (AvgIpc) is 3.44. The first-order chi connectivity index (χ1) is 24.8. The number of nitrogens with one attached hydrogen (secondary N) is 2. The first-order valence-corrected chi connectivity index (χ1v) is 20.2. The second-order valence-electron chi connectivity index (χ2n) is 16.9. The van der Waals surface area contributed by atoms with Crippen LogP contribution in [-0.2, 0) is 28.6 Å². The zero-order valence-electron chi connectivity index (χ0n) is 32.0. The van der Waals surface area contributed by atoms with Gasteiger partial charge in [-0.05, 0) is 137 Å².